The number of rotatable bonds is 4. The van der Waals surface area contributed by atoms with E-state index >= 15 is 0 Å². The molecule has 0 radical (unpaired) electrons. The molecule has 2 rings (SSSR count). The summed E-state index contributed by atoms with van der Waals surface area (Å²) in [6, 6.07) is 1.14. The molecule has 0 aliphatic carbocycles. The molecule has 1 amide bonds. The van der Waals surface area contributed by atoms with Crippen molar-refractivity contribution in [2.45, 2.75) is 18.4 Å². The van der Waals surface area contributed by atoms with Crippen molar-refractivity contribution in [2.24, 2.45) is 0 Å². The van der Waals surface area contributed by atoms with E-state index in [0.29, 0.717) is 13.0 Å². The Balaban J connectivity index is 2.24. The van der Waals surface area contributed by atoms with Gasteiger partial charge in [-0.2, -0.15) is 8.42 Å². The van der Waals surface area contributed by atoms with E-state index in [1.807, 2.05) is 4.72 Å². The largest absolute Gasteiger partial charge is 0.500 e. The Morgan fingerprint density at radius 3 is 2.67 bits per heavy atom. The maximum atomic E-state index is 12.0. The lowest BCUT2D eigenvalue weighted by Gasteiger charge is -2.03. The first-order chi connectivity index (χ1) is 9.85. The van der Waals surface area contributed by atoms with Gasteiger partial charge >= 0.3 is 5.97 Å². The predicted octanol–water partition coefficient (Wildman–Crippen LogP) is 0.484. The summed E-state index contributed by atoms with van der Waals surface area (Å²) in [6.45, 7) is 1.82. The van der Waals surface area contributed by atoms with Crippen molar-refractivity contribution in [2.75, 3.05) is 13.7 Å². The van der Waals surface area contributed by atoms with Gasteiger partial charge in [-0.05, 0) is 6.92 Å². The summed E-state index contributed by atoms with van der Waals surface area (Å²) in [5.41, 5.74) is 0.508. The molecule has 21 heavy (non-hydrogen) atoms. The lowest BCUT2D eigenvalue weighted by atomic mass is 10.2. The molecule has 2 heterocycles. The third-order valence-corrected chi connectivity index (χ3v) is 3.95. The van der Waals surface area contributed by atoms with Crippen LogP contribution in [0, 0.1) is 6.92 Å². The van der Waals surface area contributed by atoms with Crippen molar-refractivity contribution in [1.82, 2.24) is 4.72 Å². The van der Waals surface area contributed by atoms with Gasteiger partial charge < -0.3 is 13.9 Å². The van der Waals surface area contributed by atoms with Gasteiger partial charge in [-0.25, -0.2) is 9.52 Å². The summed E-state index contributed by atoms with van der Waals surface area (Å²) >= 11 is 0. The maximum absolute atomic E-state index is 12.0. The van der Waals surface area contributed by atoms with E-state index in [1.165, 1.54) is 13.2 Å². The van der Waals surface area contributed by atoms with Crippen LogP contribution >= 0.6 is 0 Å². The maximum Gasteiger partial charge on any atom is 0.374 e. The minimum absolute atomic E-state index is 0.218. The first-order valence-electron chi connectivity index (χ1n) is 5.91. The van der Waals surface area contributed by atoms with Crippen LogP contribution in [-0.4, -0.2) is 34.0 Å². The van der Waals surface area contributed by atoms with E-state index in [4.69, 9.17) is 9.15 Å². The number of nitrogens with one attached hydrogen (secondary N) is 1. The number of hydrogen-bond acceptors (Lipinski definition) is 7. The quantitative estimate of drug-likeness (QED) is 0.804. The molecule has 9 heteroatoms. The van der Waals surface area contributed by atoms with Crippen LogP contribution in [0.4, 0.5) is 0 Å². The van der Waals surface area contributed by atoms with Crippen LogP contribution in [0.3, 0.4) is 0 Å². The summed E-state index contributed by atoms with van der Waals surface area (Å²) in [7, 11) is -3.07. The average Bonchev–Trinajstić information content (AvgIpc) is 3.06. The molecule has 0 bridgehead atoms. The monoisotopic (exact) mass is 315 g/mol. The molecular formula is C12H13NO7S. The number of hydrogen-bond donors (Lipinski definition) is 1. The van der Waals surface area contributed by atoms with Crippen LogP contribution in [0.25, 0.3) is 0 Å². The molecule has 0 saturated carbocycles. The molecular weight excluding hydrogens is 302 g/mol. The lowest BCUT2D eigenvalue weighted by Crippen LogP contribution is -2.31. The normalized spacial score (nSPS) is 14.3. The highest BCUT2D eigenvalue weighted by Gasteiger charge is 2.27. The minimum atomic E-state index is -4.21. The highest BCUT2D eigenvalue weighted by molar-refractivity contribution is 7.90. The third-order valence-electron chi connectivity index (χ3n) is 2.76. The van der Waals surface area contributed by atoms with E-state index in [2.05, 4.69) is 4.74 Å². The van der Waals surface area contributed by atoms with Gasteiger partial charge in [-0.3, -0.25) is 4.79 Å². The molecule has 1 aromatic rings. The molecule has 1 N–H and O–H groups in total. The number of furan rings is 1. The van der Waals surface area contributed by atoms with Gasteiger partial charge in [0.05, 0.1) is 25.6 Å². The average molecular weight is 315 g/mol. The smallest absolute Gasteiger partial charge is 0.374 e. The van der Waals surface area contributed by atoms with Gasteiger partial charge in [-0.15, -0.1) is 0 Å². The number of amides is 1. The molecule has 114 valence electrons. The van der Waals surface area contributed by atoms with Crippen LogP contribution in [0.1, 0.15) is 22.5 Å². The molecule has 0 spiro atoms. The van der Waals surface area contributed by atoms with E-state index in [-0.39, 0.29) is 16.9 Å². The number of methoxy groups -OCH3 is 1. The van der Waals surface area contributed by atoms with Crippen molar-refractivity contribution >= 4 is 21.9 Å². The van der Waals surface area contributed by atoms with Crippen molar-refractivity contribution < 1.29 is 31.9 Å². The van der Waals surface area contributed by atoms with Crippen molar-refractivity contribution in [3.05, 3.63) is 29.2 Å². The number of ether oxygens (including phenoxy) is 2. The summed E-state index contributed by atoms with van der Waals surface area (Å²) in [4.78, 5) is 23.1. The topological polar surface area (TPSA) is 112 Å². The van der Waals surface area contributed by atoms with Gasteiger partial charge in [0, 0.05) is 18.1 Å². The van der Waals surface area contributed by atoms with Crippen LogP contribution in [-0.2, 0) is 24.3 Å². The number of aryl methyl sites for hydroxylation is 1. The molecule has 1 aromatic heterocycles. The fourth-order valence-electron chi connectivity index (χ4n) is 1.67. The Hall–Kier alpha value is -2.29. The molecule has 1 aliphatic rings. The highest BCUT2D eigenvalue weighted by atomic mass is 32.2. The predicted molar refractivity (Wildman–Crippen MR) is 68.8 cm³/mol. The van der Waals surface area contributed by atoms with Crippen LogP contribution < -0.4 is 4.72 Å². The Morgan fingerprint density at radius 1 is 1.38 bits per heavy atom. The van der Waals surface area contributed by atoms with Crippen LogP contribution in [0.2, 0.25) is 0 Å². The fraction of sp³-hybridized carbons (Fsp3) is 0.333. The number of sulfonamides is 1. The van der Waals surface area contributed by atoms with E-state index in [1.54, 1.807) is 0 Å². The van der Waals surface area contributed by atoms with Crippen molar-refractivity contribution in [3.8, 4) is 0 Å². The van der Waals surface area contributed by atoms with Crippen molar-refractivity contribution in [1.29, 1.82) is 0 Å². The second-order valence-electron chi connectivity index (χ2n) is 4.27. The van der Waals surface area contributed by atoms with Crippen molar-refractivity contribution in [3.63, 3.8) is 0 Å². The standard InChI is InChI=1S/C12H13NO7S/c1-7-5-9(20-10(7)12(15)18-2)21(16,17)13-11(14)8-3-4-19-6-8/h5-6H,3-4H2,1-2H3,(H,13,14). The number of carbonyl (C=O) groups excluding carboxylic acids is 2. The van der Waals surface area contributed by atoms with Gasteiger partial charge in [0.1, 0.15) is 0 Å². The van der Waals surface area contributed by atoms with Gasteiger partial charge in [-0.1, -0.05) is 0 Å². The summed E-state index contributed by atoms with van der Waals surface area (Å²) in [5, 5.41) is -0.534. The Labute approximate surface area is 120 Å². The Bertz CT molecular complexity index is 714. The summed E-state index contributed by atoms with van der Waals surface area (Å²) in [6.07, 6.45) is 1.53. The van der Waals surface area contributed by atoms with Gasteiger partial charge in [0.2, 0.25) is 10.9 Å². The van der Waals surface area contributed by atoms with Crippen LogP contribution in [0.15, 0.2) is 27.4 Å². The van der Waals surface area contributed by atoms with E-state index in [9.17, 15) is 18.0 Å². The molecule has 0 aromatic carbocycles. The Kier molecular flexibility index (Phi) is 4.03. The SMILES string of the molecule is COC(=O)c1oc(S(=O)(=O)NC(=O)C2=COCC2)cc1C. The number of carbonyl (C=O) groups is 2. The zero-order valence-electron chi connectivity index (χ0n) is 11.3. The molecule has 8 nitrogen and oxygen atoms in total. The first kappa shape index (κ1) is 15.1. The molecule has 0 fully saturated rings. The zero-order chi connectivity index (χ0) is 15.6. The summed E-state index contributed by atoms with van der Waals surface area (Å²) < 4.78 is 40.2. The van der Waals surface area contributed by atoms with Crippen LogP contribution in [0.5, 0.6) is 0 Å². The fourth-order valence-corrected chi connectivity index (χ4v) is 2.67. The third kappa shape index (κ3) is 3.07. The number of esters is 1. The second-order valence-corrected chi connectivity index (χ2v) is 5.88. The lowest BCUT2D eigenvalue weighted by molar-refractivity contribution is -0.115. The first-order valence-corrected chi connectivity index (χ1v) is 7.40. The van der Waals surface area contributed by atoms with E-state index < -0.39 is 27.0 Å². The minimum Gasteiger partial charge on any atom is -0.500 e. The molecule has 1 aliphatic heterocycles. The Morgan fingerprint density at radius 2 is 2.10 bits per heavy atom. The summed E-state index contributed by atoms with van der Waals surface area (Å²) in [5.74, 6) is -1.82. The molecule has 0 saturated heterocycles. The molecule has 0 unspecified atom stereocenters. The molecule has 0 atom stereocenters. The second kappa shape index (κ2) is 5.60. The van der Waals surface area contributed by atoms with Gasteiger partial charge in [0.25, 0.3) is 15.9 Å². The van der Waals surface area contributed by atoms with Gasteiger partial charge in [0.15, 0.2) is 0 Å². The zero-order valence-corrected chi connectivity index (χ0v) is 12.2. The highest BCUT2D eigenvalue weighted by Crippen LogP contribution is 2.20. The van der Waals surface area contributed by atoms with E-state index in [0.717, 1.165) is 13.2 Å².